The van der Waals surface area contributed by atoms with Crippen molar-refractivity contribution in [2.24, 2.45) is 0 Å². The van der Waals surface area contributed by atoms with E-state index in [0.29, 0.717) is 0 Å². The van der Waals surface area contributed by atoms with E-state index < -0.39 is 10.7 Å². The molecule has 76 valence electrons. The first-order valence-electron chi connectivity index (χ1n) is 4.36. The van der Waals surface area contributed by atoms with Crippen LogP contribution < -0.4 is 0 Å². The molecule has 0 amide bonds. The molecule has 1 atom stereocenters. The standard InChI is InChI=1S/C11H14O2S/c1-8-5-4-6-9(7-8)11(2,14-3)10(12)13/h4-7H,1-3H3,(H,12,13). The highest BCUT2D eigenvalue weighted by Crippen LogP contribution is 2.34. The van der Waals surface area contributed by atoms with Crippen LogP contribution in [0.3, 0.4) is 0 Å². The number of rotatable bonds is 3. The molecular formula is C11H14O2S. The molecule has 0 fully saturated rings. The molecule has 1 aromatic rings. The number of aliphatic carboxylic acids is 1. The zero-order chi connectivity index (χ0) is 10.8. The highest BCUT2D eigenvalue weighted by atomic mass is 32.2. The Labute approximate surface area is 88.3 Å². The number of hydrogen-bond donors (Lipinski definition) is 1. The van der Waals surface area contributed by atoms with E-state index in [4.69, 9.17) is 5.11 Å². The minimum Gasteiger partial charge on any atom is -0.480 e. The molecule has 14 heavy (non-hydrogen) atoms. The first-order valence-corrected chi connectivity index (χ1v) is 5.59. The van der Waals surface area contributed by atoms with Crippen molar-refractivity contribution in [2.45, 2.75) is 18.6 Å². The van der Waals surface area contributed by atoms with E-state index in [0.717, 1.165) is 11.1 Å². The minimum absolute atomic E-state index is 0.796. The average molecular weight is 210 g/mol. The van der Waals surface area contributed by atoms with Gasteiger partial charge in [0.25, 0.3) is 0 Å². The Bertz CT molecular complexity index is 349. The highest BCUT2D eigenvalue weighted by Gasteiger charge is 2.34. The van der Waals surface area contributed by atoms with Gasteiger partial charge in [-0.1, -0.05) is 29.8 Å². The first kappa shape index (κ1) is 11.1. The van der Waals surface area contributed by atoms with Crippen molar-refractivity contribution in [3.8, 4) is 0 Å². The molecule has 0 saturated heterocycles. The fourth-order valence-electron chi connectivity index (χ4n) is 1.27. The Morgan fingerprint density at radius 3 is 2.57 bits per heavy atom. The van der Waals surface area contributed by atoms with Crippen molar-refractivity contribution < 1.29 is 9.90 Å². The predicted molar refractivity (Wildman–Crippen MR) is 59.7 cm³/mol. The maximum Gasteiger partial charge on any atom is 0.324 e. The summed E-state index contributed by atoms with van der Waals surface area (Å²) in [6, 6.07) is 7.64. The fraction of sp³-hybridized carbons (Fsp3) is 0.364. The topological polar surface area (TPSA) is 37.3 Å². The van der Waals surface area contributed by atoms with Gasteiger partial charge in [-0.05, 0) is 25.7 Å². The largest absolute Gasteiger partial charge is 0.480 e. The molecular weight excluding hydrogens is 196 g/mol. The van der Waals surface area contributed by atoms with Crippen LogP contribution in [0.4, 0.5) is 0 Å². The molecule has 0 radical (unpaired) electrons. The first-order chi connectivity index (χ1) is 6.50. The lowest BCUT2D eigenvalue weighted by molar-refractivity contribution is -0.139. The van der Waals surface area contributed by atoms with Crippen LogP contribution in [-0.2, 0) is 9.54 Å². The van der Waals surface area contributed by atoms with Crippen LogP contribution in [-0.4, -0.2) is 17.3 Å². The maximum absolute atomic E-state index is 11.1. The second kappa shape index (κ2) is 4.05. The Kier molecular flexibility index (Phi) is 3.21. The molecule has 3 heteroatoms. The van der Waals surface area contributed by atoms with E-state index in [-0.39, 0.29) is 0 Å². The summed E-state index contributed by atoms with van der Waals surface area (Å²) in [4.78, 5) is 11.1. The van der Waals surface area contributed by atoms with Crippen molar-refractivity contribution >= 4 is 17.7 Å². The lowest BCUT2D eigenvalue weighted by atomic mass is 9.99. The number of carbonyl (C=O) groups is 1. The number of aryl methyl sites for hydroxylation is 1. The molecule has 1 rings (SSSR count). The molecule has 0 aliphatic rings. The summed E-state index contributed by atoms with van der Waals surface area (Å²) in [6.45, 7) is 3.70. The second-order valence-electron chi connectivity index (χ2n) is 3.41. The van der Waals surface area contributed by atoms with E-state index in [9.17, 15) is 4.79 Å². The van der Waals surface area contributed by atoms with Gasteiger partial charge in [-0.15, -0.1) is 11.8 Å². The molecule has 0 bridgehead atoms. The molecule has 1 aromatic carbocycles. The molecule has 1 N–H and O–H groups in total. The number of carboxylic acids is 1. The van der Waals surface area contributed by atoms with E-state index >= 15 is 0 Å². The van der Waals surface area contributed by atoms with Crippen molar-refractivity contribution in [3.05, 3.63) is 35.4 Å². The summed E-state index contributed by atoms with van der Waals surface area (Å²) in [7, 11) is 0. The molecule has 0 aliphatic heterocycles. The summed E-state index contributed by atoms with van der Waals surface area (Å²) >= 11 is 1.34. The summed E-state index contributed by atoms with van der Waals surface area (Å²) in [5.41, 5.74) is 1.93. The van der Waals surface area contributed by atoms with E-state index in [1.165, 1.54) is 11.8 Å². The number of benzene rings is 1. The predicted octanol–water partition coefficient (Wildman–Crippen LogP) is 2.66. The Morgan fingerprint density at radius 2 is 2.14 bits per heavy atom. The maximum atomic E-state index is 11.1. The summed E-state index contributed by atoms with van der Waals surface area (Å²) in [6.07, 6.45) is 1.82. The van der Waals surface area contributed by atoms with Gasteiger partial charge >= 0.3 is 5.97 Å². The van der Waals surface area contributed by atoms with Gasteiger partial charge in [-0.2, -0.15) is 0 Å². The third kappa shape index (κ3) is 1.93. The van der Waals surface area contributed by atoms with E-state index in [1.807, 2.05) is 37.4 Å². The molecule has 0 aromatic heterocycles. The van der Waals surface area contributed by atoms with Gasteiger partial charge in [0, 0.05) is 0 Å². The van der Waals surface area contributed by atoms with Gasteiger partial charge in [-0.25, -0.2) is 0 Å². The van der Waals surface area contributed by atoms with Gasteiger partial charge in [-0.3, -0.25) is 4.79 Å². The van der Waals surface area contributed by atoms with Gasteiger partial charge in [0.1, 0.15) is 4.75 Å². The summed E-state index contributed by atoms with van der Waals surface area (Å²) in [5.74, 6) is -0.796. The van der Waals surface area contributed by atoms with Crippen molar-refractivity contribution in [3.63, 3.8) is 0 Å². The van der Waals surface area contributed by atoms with Crippen LogP contribution in [0.1, 0.15) is 18.1 Å². The normalized spacial score (nSPS) is 14.8. The van der Waals surface area contributed by atoms with Crippen molar-refractivity contribution in [1.82, 2.24) is 0 Å². The smallest absolute Gasteiger partial charge is 0.324 e. The highest BCUT2D eigenvalue weighted by molar-refractivity contribution is 8.00. The second-order valence-corrected chi connectivity index (χ2v) is 4.64. The summed E-state index contributed by atoms with van der Waals surface area (Å²) < 4.78 is -0.841. The fourth-order valence-corrected chi connectivity index (χ4v) is 1.81. The molecule has 2 nitrogen and oxygen atoms in total. The number of hydrogen-bond acceptors (Lipinski definition) is 2. The molecule has 1 unspecified atom stereocenters. The zero-order valence-corrected chi connectivity index (χ0v) is 9.39. The lowest BCUT2D eigenvalue weighted by Gasteiger charge is -2.23. The Hall–Kier alpha value is -0.960. The van der Waals surface area contributed by atoms with Crippen LogP contribution in [0.15, 0.2) is 24.3 Å². The van der Waals surface area contributed by atoms with E-state index in [1.54, 1.807) is 6.92 Å². The number of carboxylic acid groups (broad SMARTS) is 1. The van der Waals surface area contributed by atoms with Crippen molar-refractivity contribution in [1.29, 1.82) is 0 Å². The third-order valence-electron chi connectivity index (χ3n) is 2.39. The van der Waals surface area contributed by atoms with Crippen molar-refractivity contribution in [2.75, 3.05) is 6.26 Å². The van der Waals surface area contributed by atoms with Crippen LogP contribution in [0, 0.1) is 6.92 Å². The van der Waals surface area contributed by atoms with Gasteiger partial charge in [0.2, 0.25) is 0 Å². The Morgan fingerprint density at radius 1 is 1.50 bits per heavy atom. The lowest BCUT2D eigenvalue weighted by Crippen LogP contribution is -2.28. The average Bonchev–Trinajstić information content (AvgIpc) is 2.16. The molecule has 0 spiro atoms. The van der Waals surface area contributed by atoms with Gasteiger partial charge in [0.05, 0.1) is 0 Å². The minimum atomic E-state index is -0.841. The SMILES string of the molecule is CSC(C)(C(=O)O)c1cccc(C)c1. The molecule has 0 saturated carbocycles. The van der Waals surface area contributed by atoms with E-state index in [2.05, 4.69) is 0 Å². The third-order valence-corrected chi connectivity index (χ3v) is 3.61. The monoisotopic (exact) mass is 210 g/mol. The zero-order valence-electron chi connectivity index (χ0n) is 8.57. The van der Waals surface area contributed by atoms with Crippen LogP contribution >= 0.6 is 11.8 Å². The van der Waals surface area contributed by atoms with Gasteiger partial charge < -0.3 is 5.11 Å². The van der Waals surface area contributed by atoms with Crippen LogP contribution in [0.2, 0.25) is 0 Å². The van der Waals surface area contributed by atoms with Gasteiger partial charge in [0.15, 0.2) is 0 Å². The molecule has 0 aliphatic carbocycles. The summed E-state index contributed by atoms with van der Waals surface area (Å²) in [5, 5.41) is 9.16. The van der Waals surface area contributed by atoms with Crippen LogP contribution in [0.5, 0.6) is 0 Å². The van der Waals surface area contributed by atoms with Crippen LogP contribution in [0.25, 0.3) is 0 Å². The quantitative estimate of drug-likeness (QED) is 0.833. The Balaban J connectivity index is 3.19. The number of thioether (sulfide) groups is 1. The molecule has 0 heterocycles.